The van der Waals surface area contributed by atoms with Crippen LogP contribution in [0, 0.1) is 11.3 Å². The highest BCUT2D eigenvalue weighted by molar-refractivity contribution is 5.60. The summed E-state index contributed by atoms with van der Waals surface area (Å²) < 4.78 is 7.18. The van der Waals surface area contributed by atoms with E-state index in [9.17, 15) is 5.26 Å². The predicted octanol–water partition coefficient (Wildman–Crippen LogP) is 2.85. The maximum atomic E-state index is 9.46. The van der Waals surface area contributed by atoms with E-state index in [2.05, 4.69) is 11.1 Å². The fraction of sp³-hybridized carbons (Fsp3) is 0.176. The Morgan fingerprint density at radius 1 is 1.23 bits per heavy atom. The number of para-hydroxylation sites is 1. The number of fused-ring (bicyclic) bond motifs is 1. The minimum atomic E-state index is 0.535. The van der Waals surface area contributed by atoms with E-state index in [1.54, 1.807) is 11.5 Å². The molecule has 0 fully saturated rings. The number of rotatable bonds is 4. The number of methoxy groups -OCH3 is 1. The third kappa shape index (κ3) is 2.35. The molecule has 0 saturated heterocycles. The van der Waals surface area contributed by atoms with Gasteiger partial charge in [-0.1, -0.05) is 24.3 Å². The number of hydrogen-bond donors (Lipinski definition) is 0. The van der Waals surface area contributed by atoms with Gasteiger partial charge in [0.1, 0.15) is 17.5 Å². The molecule has 0 atom stereocenters. The van der Waals surface area contributed by atoms with Crippen LogP contribution in [0.5, 0.6) is 5.75 Å². The van der Waals surface area contributed by atoms with Gasteiger partial charge in [-0.3, -0.25) is 4.40 Å². The van der Waals surface area contributed by atoms with E-state index in [0.29, 0.717) is 18.1 Å². The molecule has 2 aromatic heterocycles. The first kappa shape index (κ1) is 14.0. The van der Waals surface area contributed by atoms with Crippen LogP contribution in [0.1, 0.15) is 11.3 Å². The molecule has 0 aliphatic heterocycles. The molecule has 0 unspecified atom stereocenters. The normalized spacial score (nSPS) is 10.4. The maximum absolute atomic E-state index is 9.46. The van der Waals surface area contributed by atoms with Crippen molar-refractivity contribution in [3.05, 3.63) is 59.9 Å². The van der Waals surface area contributed by atoms with Crippen LogP contribution in [0.25, 0.3) is 5.65 Å². The monoisotopic (exact) mass is 292 g/mol. The van der Waals surface area contributed by atoms with E-state index in [1.807, 2.05) is 60.6 Å². The third-order valence-electron chi connectivity index (χ3n) is 3.58. The quantitative estimate of drug-likeness (QED) is 0.742. The van der Waals surface area contributed by atoms with Crippen LogP contribution in [-0.4, -0.2) is 23.5 Å². The first-order chi connectivity index (χ1) is 10.7. The van der Waals surface area contributed by atoms with Crippen LogP contribution in [0.15, 0.2) is 48.7 Å². The van der Waals surface area contributed by atoms with Gasteiger partial charge in [-0.15, -0.1) is 0 Å². The molecule has 3 rings (SSSR count). The Labute approximate surface area is 129 Å². The zero-order valence-corrected chi connectivity index (χ0v) is 12.5. The molecule has 0 amide bonds. The fourth-order valence-electron chi connectivity index (χ4n) is 2.52. The van der Waals surface area contributed by atoms with Crippen LogP contribution >= 0.6 is 0 Å². The van der Waals surface area contributed by atoms with Gasteiger partial charge in [0.2, 0.25) is 0 Å². The fourth-order valence-corrected chi connectivity index (χ4v) is 2.52. The molecule has 3 aromatic rings. The highest BCUT2D eigenvalue weighted by Gasteiger charge is 2.16. The van der Waals surface area contributed by atoms with Crippen LogP contribution in [0.4, 0.5) is 5.82 Å². The Balaban J connectivity index is 1.99. The standard InChI is InChI=1S/C17H16N4O/c1-20(12-13-7-3-4-8-15(13)22-2)17-14(11-18)21-10-6-5-9-16(21)19-17/h3-10H,12H2,1-2H3. The summed E-state index contributed by atoms with van der Waals surface area (Å²) >= 11 is 0. The van der Waals surface area contributed by atoms with Crippen LogP contribution in [0.2, 0.25) is 0 Å². The second-order valence-electron chi connectivity index (χ2n) is 4.99. The largest absolute Gasteiger partial charge is 0.496 e. The minimum absolute atomic E-state index is 0.535. The van der Waals surface area contributed by atoms with Gasteiger partial charge < -0.3 is 9.64 Å². The van der Waals surface area contributed by atoms with Gasteiger partial charge in [-0.25, -0.2) is 4.98 Å². The van der Waals surface area contributed by atoms with Gasteiger partial charge in [0, 0.05) is 25.4 Å². The van der Waals surface area contributed by atoms with Crippen molar-refractivity contribution in [3.63, 3.8) is 0 Å². The SMILES string of the molecule is COc1ccccc1CN(C)c1nc2ccccn2c1C#N. The van der Waals surface area contributed by atoms with Crippen molar-refractivity contribution >= 4 is 11.5 Å². The molecule has 0 bridgehead atoms. The second kappa shape index (κ2) is 5.78. The molecule has 0 N–H and O–H groups in total. The van der Waals surface area contributed by atoms with E-state index in [0.717, 1.165) is 17.0 Å². The molecule has 110 valence electrons. The number of benzene rings is 1. The topological polar surface area (TPSA) is 53.6 Å². The molecular formula is C17H16N4O. The number of nitriles is 1. The molecule has 5 heteroatoms. The highest BCUT2D eigenvalue weighted by Crippen LogP contribution is 2.24. The van der Waals surface area contributed by atoms with Crippen molar-refractivity contribution < 1.29 is 4.74 Å². The molecule has 2 heterocycles. The zero-order valence-electron chi connectivity index (χ0n) is 12.5. The maximum Gasteiger partial charge on any atom is 0.169 e. The Bertz CT molecular complexity index is 847. The smallest absolute Gasteiger partial charge is 0.169 e. The number of pyridine rings is 1. The van der Waals surface area contributed by atoms with E-state index >= 15 is 0 Å². The number of ether oxygens (including phenoxy) is 1. The van der Waals surface area contributed by atoms with E-state index in [-0.39, 0.29) is 0 Å². The van der Waals surface area contributed by atoms with Gasteiger partial charge in [-0.05, 0) is 18.2 Å². The van der Waals surface area contributed by atoms with Gasteiger partial charge >= 0.3 is 0 Å². The summed E-state index contributed by atoms with van der Waals surface area (Å²) in [6, 6.07) is 15.8. The Hall–Kier alpha value is -3.00. The molecule has 0 aliphatic rings. The van der Waals surface area contributed by atoms with E-state index in [4.69, 9.17) is 4.74 Å². The summed E-state index contributed by atoms with van der Waals surface area (Å²) in [6.45, 7) is 0.614. The summed E-state index contributed by atoms with van der Waals surface area (Å²) in [5.41, 5.74) is 2.35. The van der Waals surface area contributed by atoms with Gasteiger partial charge in [0.15, 0.2) is 11.5 Å². The van der Waals surface area contributed by atoms with Crippen molar-refractivity contribution in [3.8, 4) is 11.8 Å². The van der Waals surface area contributed by atoms with Crippen LogP contribution in [-0.2, 0) is 6.54 Å². The summed E-state index contributed by atoms with van der Waals surface area (Å²) in [6.07, 6.45) is 1.85. The van der Waals surface area contributed by atoms with Crippen molar-refractivity contribution in [2.75, 3.05) is 19.1 Å². The minimum Gasteiger partial charge on any atom is -0.496 e. The first-order valence-corrected chi connectivity index (χ1v) is 6.95. The van der Waals surface area contributed by atoms with Crippen molar-refractivity contribution in [2.24, 2.45) is 0 Å². The van der Waals surface area contributed by atoms with Gasteiger partial charge in [-0.2, -0.15) is 5.26 Å². The summed E-state index contributed by atoms with van der Waals surface area (Å²) in [7, 11) is 3.58. The number of anilines is 1. The number of hydrogen-bond acceptors (Lipinski definition) is 4. The molecule has 0 spiro atoms. The van der Waals surface area contributed by atoms with Gasteiger partial charge in [0.25, 0.3) is 0 Å². The van der Waals surface area contributed by atoms with E-state index < -0.39 is 0 Å². The zero-order chi connectivity index (χ0) is 15.5. The molecule has 0 aliphatic carbocycles. The van der Waals surface area contributed by atoms with E-state index in [1.165, 1.54) is 0 Å². The van der Waals surface area contributed by atoms with Crippen molar-refractivity contribution in [2.45, 2.75) is 6.54 Å². The first-order valence-electron chi connectivity index (χ1n) is 6.95. The lowest BCUT2D eigenvalue weighted by Crippen LogP contribution is -2.18. The summed E-state index contributed by atoms with van der Waals surface area (Å²) in [5.74, 6) is 1.50. The lowest BCUT2D eigenvalue weighted by Gasteiger charge is -2.18. The van der Waals surface area contributed by atoms with Crippen LogP contribution < -0.4 is 9.64 Å². The third-order valence-corrected chi connectivity index (χ3v) is 3.58. The summed E-state index contributed by atoms with van der Waals surface area (Å²) in [4.78, 5) is 6.52. The Morgan fingerprint density at radius 2 is 2.00 bits per heavy atom. The molecule has 0 radical (unpaired) electrons. The molecular weight excluding hydrogens is 276 g/mol. The predicted molar refractivity (Wildman–Crippen MR) is 85.0 cm³/mol. The average Bonchev–Trinajstić information content (AvgIpc) is 2.94. The number of aromatic nitrogens is 2. The average molecular weight is 292 g/mol. The summed E-state index contributed by atoms with van der Waals surface area (Å²) in [5, 5.41) is 9.46. The molecule has 1 aromatic carbocycles. The molecule has 5 nitrogen and oxygen atoms in total. The van der Waals surface area contributed by atoms with Gasteiger partial charge in [0.05, 0.1) is 7.11 Å². The van der Waals surface area contributed by atoms with Crippen molar-refractivity contribution in [1.29, 1.82) is 5.26 Å². The number of imidazole rings is 1. The molecule has 0 saturated carbocycles. The van der Waals surface area contributed by atoms with Crippen LogP contribution in [0.3, 0.4) is 0 Å². The second-order valence-corrected chi connectivity index (χ2v) is 4.99. The molecule has 22 heavy (non-hydrogen) atoms. The Kier molecular flexibility index (Phi) is 3.67. The Morgan fingerprint density at radius 3 is 2.77 bits per heavy atom. The highest BCUT2D eigenvalue weighted by atomic mass is 16.5. The van der Waals surface area contributed by atoms with Crippen molar-refractivity contribution in [1.82, 2.24) is 9.38 Å². The number of nitrogens with zero attached hydrogens (tertiary/aromatic N) is 4. The lowest BCUT2D eigenvalue weighted by atomic mass is 10.2. The lowest BCUT2D eigenvalue weighted by molar-refractivity contribution is 0.409.